The summed E-state index contributed by atoms with van der Waals surface area (Å²) in [4.78, 5) is 24.0. The largest absolute Gasteiger partial charge is 0.357 e. The van der Waals surface area contributed by atoms with Gasteiger partial charge in [-0.3, -0.25) is 0 Å². The Hall–Kier alpha value is -1.76. The maximum atomic E-state index is 11.6. The lowest BCUT2D eigenvalue weighted by Gasteiger charge is -2.37. The monoisotopic (exact) mass is 282 g/mol. The summed E-state index contributed by atoms with van der Waals surface area (Å²) in [6, 6.07) is 0.208. The molecule has 2 N–H and O–H groups in total. The molecule has 1 aromatic rings. The predicted molar refractivity (Wildman–Crippen MR) is 72.7 cm³/mol. The van der Waals surface area contributed by atoms with Gasteiger partial charge in [0.15, 0.2) is 5.82 Å². The summed E-state index contributed by atoms with van der Waals surface area (Å²) in [5.74, 6) is 1.27. The standard InChI is InChI=1S/C11H15ClN6O/c1-13-10-14-5-8(12)9(16-10)17-2-3-18-7(6-17)4-15-11(18)19/h5,7H,2-4,6H2,1H3,(H,15,19)(H,13,14,16). The lowest BCUT2D eigenvalue weighted by molar-refractivity contribution is 0.197. The molecule has 1 aromatic heterocycles. The Bertz CT molecular complexity index is 510. The van der Waals surface area contributed by atoms with Gasteiger partial charge in [0.05, 0.1) is 12.2 Å². The third-order valence-corrected chi connectivity index (χ3v) is 3.75. The lowest BCUT2D eigenvalue weighted by atomic mass is 10.2. The molecule has 0 radical (unpaired) electrons. The number of nitrogens with zero attached hydrogens (tertiary/aromatic N) is 4. The third-order valence-electron chi connectivity index (χ3n) is 3.48. The van der Waals surface area contributed by atoms with E-state index in [2.05, 4.69) is 25.5 Å². The number of nitrogens with one attached hydrogen (secondary N) is 2. The summed E-state index contributed by atoms with van der Waals surface area (Å²) in [7, 11) is 1.77. The maximum absolute atomic E-state index is 11.6. The Morgan fingerprint density at radius 3 is 3.16 bits per heavy atom. The zero-order chi connectivity index (χ0) is 13.4. The van der Waals surface area contributed by atoms with Gasteiger partial charge in [-0.1, -0.05) is 11.6 Å². The number of carbonyl (C=O) groups is 1. The van der Waals surface area contributed by atoms with E-state index in [1.165, 1.54) is 0 Å². The smallest absolute Gasteiger partial charge is 0.317 e. The molecule has 0 saturated carbocycles. The van der Waals surface area contributed by atoms with Crippen LogP contribution in [0.4, 0.5) is 16.6 Å². The SMILES string of the molecule is CNc1ncc(Cl)c(N2CCN3C(=O)NCC3C2)n1. The van der Waals surface area contributed by atoms with Crippen LogP contribution < -0.4 is 15.5 Å². The topological polar surface area (TPSA) is 73.4 Å². The fourth-order valence-electron chi connectivity index (χ4n) is 2.50. The number of rotatable bonds is 2. The average Bonchev–Trinajstić information content (AvgIpc) is 2.80. The highest BCUT2D eigenvalue weighted by Crippen LogP contribution is 2.26. The first-order valence-electron chi connectivity index (χ1n) is 6.18. The molecule has 2 aliphatic heterocycles. The Labute approximate surface area is 115 Å². The fourth-order valence-corrected chi connectivity index (χ4v) is 2.71. The molecular formula is C11H15ClN6O. The molecule has 8 heteroatoms. The molecule has 7 nitrogen and oxygen atoms in total. The van der Waals surface area contributed by atoms with Crippen LogP contribution in [0, 0.1) is 0 Å². The average molecular weight is 283 g/mol. The van der Waals surface area contributed by atoms with Crippen molar-refractivity contribution < 1.29 is 4.79 Å². The van der Waals surface area contributed by atoms with Crippen molar-refractivity contribution in [2.45, 2.75) is 6.04 Å². The molecule has 2 aliphatic rings. The molecule has 102 valence electrons. The zero-order valence-corrected chi connectivity index (χ0v) is 11.3. The van der Waals surface area contributed by atoms with E-state index in [-0.39, 0.29) is 12.1 Å². The van der Waals surface area contributed by atoms with Crippen LogP contribution in [0.2, 0.25) is 5.02 Å². The van der Waals surface area contributed by atoms with Crippen LogP contribution in [-0.4, -0.2) is 60.2 Å². The molecule has 2 amide bonds. The van der Waals surface area contributed by atoms with Gasteiger partial charge in [0.25, 0.3) is 0 Å². The van der Waals surface area contributed by atoms with Crippen molar-refractivity contribution in [2.24, 2.45) is 0 Å². The van der Waals surface area contributed by atoms with Crippen LogP contribution in [0.3, 0.4) is 0 Å². The molecule has 19 heavy (non-hydrogen) atoms. The number of fused-ring (bicyclic) bond motifs is 1. The maximum Gasteiger partial charge on any atom is 0.317 e. The van der Waals surface area contributed by atoms with E-state index < -0.39 is 0 Å². The molecule has 2 saturated heterocycles. The van der Waals surface area contributed by atoms with Crippen LogP contribution in [0.15, 0.2) is 6.20 Å². The Morgan fingerprint density at radius 2 is 2.37 bits per heavy atom. The number of halogens is 1. The van der Waals surface area contributed by atoms with Gasteiger partial charge in [-0.2, -0.15) is 4.98 Å². The van der Waals surface area contributed by atoms with Gasteiger partial charge in [-0.15, -0.1) is 0 Å². The Balaban J connectivity index is 1.82. The van der Waals surface area contributed by atoms with Crippen molar-refractivity contribution in [1.82, 2.24) is 20.2 Å². The first-order chi connectivity index (χ1) is 9.19. The van der Waals surface area contributed by atoms with Gasteiger partial charge in [-0.25, -0.2) is 9.78 Å². The number of hydrogen-bond donors (Lipinski definition) is 2. The van der Waals surface area contributed by atoms with E-state index >= 15 is 0 Å². The highest BCUT2D eigenvalue weighted by molar-refractivity contribution is 6.32. The molecule has 2 fully saturated rings. The van der Waals surface area contributed by atoms with E-state index in [0.717, 1.165) is 18.9 Å². The number of carbonyl (C=O) groups excluding carboxylic acids is 1. The van der Waals surface area contributed by atoms with Crippen molar-refractivity contribution >= 4 is 29.4 Å². The van der Waals surface area contributed by atoms with Gasteiger partial charge in [0, 0.05) is 33.2 Å². The number of piperazine rings is 1. The second kappa shape index (κ2) is 4.73. The lowest BCUT2D eigenvalue weighted by Crippen LogP contribution is -2.52. The molecule has 3 heterocycles. The van der Waals surface area contributed by atoms with E-state index in [9.17, 15) is 4.79 Å². The van der Waals surface area contributed by atoms with Gasteiger partial charge in [0.2, 0.25) is 5.95 Å². The van der Waals surface area contributed by atoms with E-state index in [1.54, 1.807) is 13.2 Å². The highest BCUT2D eigenvalue weighted by atomic mass is 35.5. The van der Waals surface area contributed by atoms with Gasteiger partial charge < -0.3 is 20.4 Å². The second-order valence-electron chi connectivity index (χ2n) is 4.59. The van der Waals surface area contributed by atoms with Crippen LogP contribution in [0.5, 0.6) is 0 Å². The minimum atomic E-state index is 0.0225. The number of amides is 2. The summed E-state index contributed by atoms with van der Waals surface area (Å²) in [5, 5.41) is 6.29. The van der Waals surface area contributed by atoms with Crippen LogP contribution in [0.1, 0.15) is 0 Å². The van der Waals surface area contributed by atoms with Crippen molar-refractivity contribution in [1.29, 1.82) is 0 Å². The predicted octanol–water partition coefficient (Wildman–Crippen LogP) is 0.385. The number of hydrogen-bond acceptors (Lipinski definition) is 5. The van der Waals surface area contributed by atoms with Crippen LogP contribution in [0.25, 0.3) is 0 Å². The van der Waals surface area contributed by atoms with Crippen LogP contribution >= 0.6 is 11.6 Å². The fraction of sp³-hybridized carbons (Fsp3) is 0.545. The van der Waals surface area contributed by atoms with Crippen molar-refractivity contribution in [3.63, 3.8) is 0 Å². The highest BCUT2D eigenvalue weighted by Gasteiger charge is 2.36. The second-order valence-corrected chi connectivity index (χ2v) is 5.00. The number of anilines is 2. The first kappa shape index (κ1) is 12.3. The first-order valence-corrected chi connectivity index (χ1v) is 6.56. The van der Waals surface area contributed by atoms with Crippen molar-refractivity contribution in [2.75, 3.05) is 43.4 Å². The molecule has 0 bridgehead atoms. The minimum absolute atomic E-state index is 0.0225. The number of urea groups is 1. The van der Waals surface area contributed by atoms with Crippen molar-refractivity contribution in [3.8, 4) is 0 Å². The van der Waals surface area contributed by atoms with E-state index in [1.807, 2.05) is 4.90 Å². The molecule has 3 rings (SSSR count). The summed E-state index contributed by atoms with van der Waals surface area (Å²) < 4.78 is 0. The summed E-state index contributed by atoms with van der Waals surface area (Å²) >= 11 is 6.17. The summed E-state index contributed by atoms with van der Waals surface area (Å²) in [6.07, 6.45) is 1.60. The molecular weight excluding hydrogens is 268 g/mol. The van der Waals surface area contributed by atoms with Gasteiger partial charge >= 0.3 is 6.03 Å². The normalized spacial score (nSPS) is 22.2. The van der Waals surface area contributed by atoms with E-state index in [0.29, 0.717) is 24.1 Å². The quantitative estimate of drug-likeness (QED) is 0.821. The molecule has 0 spiro atoms. The molecule has 0 aromatic carbocycles. The molecule has 0 aliphatic carbocycles. The van der Waals surface area contributed by atoms with E-state index in [4.69, 9.17) is 11.6 Å². The van der Waals surface area contributed by atoms with Crippen molar-refractivity contribution in [3.05, 3.63) is 11.2 Å². The molecule has 1 unspecified atom stereocenters. The minimum Gasteiger partial charge on any atom is -0.357 e. The number of aromatic nitrogens is 2. The van der Waals surface area contributed by atoms with Crippen LogP contribution in [-0.2, 0) is 0 Å². The Kier molecular flexibility index (Phi) is 3.06. The summed E-state index contributed by atoms with van der Waals surface area (Å²) in [5.41, 5.74) is 0. The third kappa shape index (κ3) is 2.14. The molecule has 1 atom stereocenters. The Morgan fingerprint density at radius 1 is 1.53 bits per heavy atom. The summed E-state index contributed by atoms with van der Waals surface area (Å²) in [6.45, 7) is 2.82. The van der Waals surface area contributed by atoms with Gasteiger partial charge in [-0.05, 0) is 0 Å². The zero-order valence-electron chi connectivity index (χ0n) is 10.6. The van der Waals surface area contributed by atoms with Gasteiger partial charge in [0.1, 0.15) is 5.02 Å².